The number of β-amino-alcohol motifs (C(OH)–C–C–N with tert-alkyl or cyclic N) is 1. The third-order valence-corrected chi connectivity index (χ3v) is 11.2. The molecule has 2 heterocycles. The molecule has 5 atom stereocenters. The van der Waals surface area contributed by atoms with Gasteiger partial charge in [-0.3, -0.25) is 24.0 Å². The lowest BCUT2D eigenvalue weighted by atomic mass is 9.85. The summed E-state index contributed by atoms with van der Waals surface area (Å²) < 4.78 is 0. The van der Waals surface area contributed by atoms with Crippen molar-refractivity contribution in [1.82, 2.24) is 20.5 Å². The van der Waals surface area contributed by atoms with Crippen molar-refractivity contribution in [2.45, 2.75) is 116 Å². The number of nitrogens with zero attached hydrogens (tertiary/aromatic N) is 2. The van der Waals surface area contributed by atoms with Crippen molar-refractivity contribution in [3.8, 4) is 10.4 Å². The minimum absolute atomic E-state index is 0. The Kier molecular flexibility index (Phi) is 17.3. The standard InChI is InChI=1S/C40H54ClN7O6S.ClH/c1-23(25-14-16-27(17-15-25)35-24(2)44-22-55-35)45-38(53)31-20-28(49)21-48(31)39(54)36(40(3,4)5)47-33(51)13-8-6-7-10-26-11-9-12-30(34(26)41)46-37(52)29(42)18-19-32(43)50;/h9,11-12,14-17,22-23,28-29,31,36,49H,6-8,10,13,18-21,42H2,1-5H3,(H2,43,50)(H,45,53)(H,46,52)(H,47,51);1H/t23-,28+,29-,31-,36+;/m0./s1. The molecule has 8 N–H and O–H groups in total. The predicted molar refractivity (Wildman–Crippen MR) is 222 cm³/mol. The molecule has 0 radical (unpaired) electrons. The molecule has 13 nitrogen and oxygen atoms in total. The molecule has 1 aliphatic rings. The van der Waals surface area contributed by atoms with Gasteiger partial charge in [-0.05, 0) is 67.7 Å². The van der Waals surface area contributed by atoms with Gasteiger partial charge in [0.2, 0.25) is 29.5 Å². The van der Waals surface area contributed by atoms with Crippen LogP contribution in [0.15, 0.2) is 48.0 Å². The average Bonchev–Trinajstić information content (AvgIpc) is 3.75. The van der Waals surface area contributed by atoms with Gasteiger partial charge in [0.1, 0.15) is 12.1 Å². The first-order valence-corrected chi connectivity index (χ1v) is 19.9. The largest absolute Gasteiger partial charge is 0.391 e. The predicted octanol–water partition coefficient (Wildman–Crippen LogP) is 5.20. The van der Waals surface area contributed by atoms with Crippen LogP contribution in [0.4, 0.5) is 5.69 Å². The van der Waals surface area contributed by atoms with Crippen LogP contribution < -0.4 is 27.4 Å². The molecular formula is C40H55Cl2N7O6S. The maximum absolute atomic E-state index is 14.0. The van der Waals surface area contributed by atoms with Crippen LogP contribution in [0.3, 0.4) is 0 Å². The number of nitrogens with one attached hydrogen (secondary N) is 3. The number of aliphatic hydroxyl groups excluding tert-OH is 1. The van der Waals surface area contributed by atoms with Crippen LogP contribution >= 0.6 is 35.3 Å². The van der Waals surface area contributed by atoms with Gasteiger partial charge >= 0.3 is 0 Å². The van der Waals surface area contributed by atoms with Crippen molar-refractivity contribution < 1.29 is 29.1 Å². The van der Waals surface area contributed by atoms with E-state index in [9.17, 15) is 29.1 Å². The second kappa shape index (κ2) is 20.9. The fourth-order valence-corrected chi connectivity index (χ4v) is 7.63. The highest BCUT2D eigenvalue weighted by molar-refractivity contribution is 7.13. The number of aliphatic hydroxyl groups is 1. The van der Waals surface area contributed by atoms with Crippen molar-refractivity contribution in [1.29, 1.82) is 0 Å². The summed E-state index contributed by atoms with van der Waals surface area (Å²) in [5.74, 6) is -2.06. The van der Waals surface area contributed by atoms with Crippen molar-refractivity contribution in [3.05, 3.63) is 69.8 Å². The van der Waals surface area contributed by atoms with Crippen molar-refractivity contribution in [2.24, 2.45) is 16.9 Å². The number of carbonyl (C=O) groups is 5. The summed E-state index contributed by atoms with van der Waals surface area (Å²) in [6.45, 7) is 9.39. The highest BCUT2D eigenvalue weighted by atomic mass is 35.5. The number of halogens is 2. The van der Waals surface area contributed by atoms with Crippen LogP contribution in [0, 0.1) is 12.3 Å². The number of hydrogen-bond donors (Lipinski definition) is 6. The highest BCUT2D eigenvalue weighted by Gasteiger charge is 2.44. The summed E-state index contributed by atoms with van der Waals surface area (Å²) in [4.78, 5) is 71.1. The van der Waals surface area contributed by atoms with Crippen molar-refractivity contribution in [2.75, 3.05) is 11.9 Å². The lowest BCUT2D eigenvalue weighted by Crippen LogP contribution is -2.57. The third-order valence-electron chi connectivity index (χ3n) is 9.79. The van der Waals surface area contributed by atoms with E-state index in [1.54, 1.807) is 23.5 Å². The number of carbonyl (C=O) groups excluding carboxylic acids is 5. The zero-order chi connectivity index (χ0) is 40.4. The molecule has 0 bridgehead atoms. The summed E-state index contributed by atoms with van der Waals surface area (Å²) in [6, 6.07) is 10.2. The molecule has 1 aromatic heterocycles. The Balaban J connectivity index is 0.00000841. The van der Waals surface area contributed by atoms with E-state index >= 15 is 0 Å². The van der Waals surface area contributed by atoms with Crippen LogP contribution in [0.5, 0.6) is 0 Å². The number of likely N-dealkylation sites (tertiary alicyclic amines) is 1. The topological polar surface area (TPSA) is 210 Å². The zero-order valence-electron chi connectivity index (χ0n) is 32.6. The number of aryl methyl sites for hydroxylation is 2. The van der Waals surface area contributed by atoms with Crippen LogP contribution in [0.2, 0.25) is 5.02 Å². The van der Waals surface area contributed by atoms with Gasteiger partial charge in [0, 0.05) is 25.8 Å². The molecule has 1 saturated heterocycles. The average molecular weight is 833 g/mol. The van der Waals surface area contributed by atoms with Crippen LogP contribution in [-0.4, -0.2) is 75.3 Å². The fraction of sp³-hybridized carbons (Fsp3) is 0.500. The Morgan fingerprint density at radius 1 is 1.04 bits per heavy atom. The summed E-state index contributed by atoms with van der Waals surface area (Å²) in [7, 11) is 0. The van der Waals surface area contributed by atoms with Gasteiger partial charge in [-0.2, -0.15) is 0 Å². The van der Waals surface area contributed by atoms with Gasteiger partial charge in [0.25, 0.3) is 0 Å². The van der Waals surface area contributed by atoms with E-state index in [1.165, 1.54) is 4.90 Å². The molecule has 1 aliphatic heterocycles. The Bertz CT molecular complexity index is 1830. The molecule has 56 heavy (non-hydrogen) atoms. The van der Waals surface area contributed by atoms with E-state index < -0.39 is 47.4 Å². The number of benzene rings is 2. The maximum Gasteiger partial charge on any atom is 0.246 e. The second-order valence-electron chi connectivity index (χ2n) is 15.3. The minimum atomic E-state index is -0.915. The quantitative estimate of drug-likeness (QED) is 0.0995. The number of primary amides is 1. The Labute approximate surface area is 344 Å². The van der Waals surface area contributed by atoms with Gasteiger partial charge in [-0.1, -0.05) is 75.2 Å². The maximum atomic E-state index is 14.0. The molecule has 3 aromatic rings. The smallest absolute Gasteiger partial charge is 0.246 e. The van der Waals surface area contributed by atoms with Gasteiger partial charge in [0.15, 0.2) is 0 Å². The normalized spacial score (nSPS) is 17.0. The molecule has 0 spiro atoms. The first-order chi connectivity index (χ1) is 26.0. The van der Waals surface area contributed by atoms with Crippen molar-refractivity contribution in [3.63, 3.8) is 0 Å². The Hall–Kier alpha value is -4.08. The van der Waals surface area contributed by atoms with E-state index in [4.69, 9.17) is 23.1 Å². The fourth-order valence-electron chi connectivity index (χ4n) is 6.55. The van der Waals surface area contributed by atoms with Gasteiger partial charge in [0.05, 0.1) is 45.0 Å². The van der Waals surface area contributed by atoms with Gasteiger partial charge < -0.3 is 37.4 Å². The van der Waals surface area contributed by atoms with E-state index in [-0.39, 0.29) is 62.5 Å². The van der Waals surface area contributed by atoms with Crippen LogP contribution in [-0.2, 0) is 30.4 Å². The molecule has 2 aromatic carbocycles. The van der Waals surface area contributed by atoms with E-state index in [2.05, 4.69) is 20.9 Å². The molecule has 0 unspecified atom stereocenters. The van der Waals surface area contributed by atoms with Gasteiger partial charge in [-0.25, -0.2) is 4.98 Å². The number of hydrogen-bond acceptors (Lipinski definition) is 9. The van der Waals surface area contributed by atoms with E-state index in [0.29, 0.717) is 30.0 Å². The zero-order valence-corrected chi connectivity index (χ0v) is 35.0. The first kappa shape index (κ1) is 46.3. The summed E-state index contributed by atoms with van der Waals surface area (Å²) in [6.07, 6.45) is 2.15. The number of nitrogens with two attached hydrogens (primary N) is 2. The second-order valence-corrected chi connectivity index (χ2v) is 16.6. The van der Waals surface area contributed by atoms with E-state index in [0.717, 1.165) is 33.7 Å². The number of anilines is 1. The molecule has 0 saturated carbocycles. The molecule has 0 aliphatic carbocycles. The molecule has 4 rings (SSSR count). The molecule has 16 heteroatoms. The molecular weight excluding hydrogens is 777 g/mol. The highest BCUT2D eigenvalue weighted by Crippen LogP contribution is 2.30. The van der Waals surface area contributed by atoms with Crippen molar-refractivity contribution >= 4 is 70.6 Å². The van der Waals surface area contributed by atoms with E-state index in [1.807, 2.05) is 70.5 Å². The molecule has 306 valence electrons. The number of unbranched alkanes of at least 4 members (excludes halogenated alkanes) is 2. The summed E-state index contributed by atoms with van der Waals surface area (Å²) in [5.41, 5.74) is 16.3. The summed E-state index contributed by atoms with van der Waals surface area (Å²) >= 11 is 8.15. The van der Waals surface area contributed by atoms with Gasteiger partial charge in [-0.15, -0.1) is 23.7 Å². The number of rotatable bonds is 17. The number of thiazole rings is 1. The molecule has 5 amide bonds. The number of aromatic nitrogens is 1. The first-order valence-electron chi connectivity index (χ1n) is 18.7. The third kappa shape index (κ3) is 12.7. The summed E-state index contributed by atoms with van der Waals surface area (Å²) in [5, 5.41) is 19.6. The lowest BCUT2D eigenvalue weighted by molar-refractivity contribution is -0.144. The van der Waals surface area contributed by atoms with Crippen LogP contribution in [0.25, 0.3) is 10.4 Å². The lowest BCUT2D eigenvalue weighted by Gasteiger charge is -2.35. The molecule has 1 fully saturated rings. The Morgan fingerprint density at radius 2 is 1.73 bits per heavy atom. The Morgan fingerprint density at radius 3 is 2.36 bits per heavy atom. The monoisotopic (exact) mass is 831 g/mol. The minimum Gasteiger partial charge on any atom is -0.391 e. The SMILES string of the molecule is Cc1ncsc1-c1ccc([C@H](C)NC(=O)[C@@H]2C[C@@H](O)CN2C(=O)[C@@H](NC(=O)CCCCCc2cccc(NC(=O)[C@@H](N)CCC(N)=O)c2Cl)C(C)(C)C)cc1.Cl. The number of amides is 5. The van der Waals surface area contributed by atoms with Crippen LogP contribution in [0.1, 0.15) is 95.5 Å².